The maximum Gasteiger partial charge on any atom is 0.338 e. The first-order chi connectivity index (χ1) is 20.2. The van der Waals surface area contributed by atoms with Crippen molar-refractivity contribution in [2.45, 2.75) is 19.6 Å². The Kier molecular flexibility index (Phi) is 8.72. The van der Waals surface area contributed by atoms with Crippen molar-refractivity contribution in [2.75, 3.05) is 21.3 Å². The SMILES string of the molecule is COC(=O)C1=C(C)N=c2s/c(=C\c3cc(Cl)c(OCc4ccccc4)c(OC)c3)c(=O)n2[C@@H]1c1cc(Cl)ccc1OC. The molecular weight excluding hydrogens is 599 g/mol. The molecule has 216 valence electrons. The van der Waals surface area contributed by atoms with E-state index in [4.69, 9.17) is 42.1 Å². The van der Waals surface area contributed by atoms with Gasteiger partial charge in [-0.05, 0) is 54.5 Å². The van der Waals surface area contributed by atoms with Crippen LogP contribution in [0, 0.1) is 0 Å². The van der Waals surface area contributed by atoms with Crippen molar-refractivity contribution in [3.63, 3.8) is 0 Å². The van der Waals surface area contributed by atoms with Crippen molar-refractivity contribution in [2.24, 2.45) is 4.99 Å². The molecule has 5 rings (SSSR count). The number of fused-ring (bicyclic) bond motifs is 1. The molecule has 1 aliphatic heterocycles. The van der Waals surface area contributed by atoms with E-state index in [1.54, 1.807) is 43.3 Å². The molecule has 1 aromatic heterocycles. The number of halogens is 2. The fraction of sp³-hybridized carbons (Fsp3) is 0.194. The van der Waals surface area contributed by atoms with Gasteiger partial charge in [0, 0.05) is 10.6 Å². The van der Waals surface area contributed by atoms with E-state index in [9.17, 15) is 9.59 Å². The monoisotopic (exact) mass is 624 g/mol. The van der Waals surface area contributed by atoms with Crippen LogP contribution in [0.4, 0.5) is 0 Å². The second kappa shape index (κ2) is 12.4. The van der Waals surface area contributed by atoms with Gasteiger partial charge in [-0.3, -0.25) is 9.36 Å². The summed E-state index contributed by atoms with van der Waals surface area (Å²) in [6.45, 7) is 2.01. The van der Waals surface area contributed by atoms with Crippen LogP contribution in [-0.4, -0.2) is 31.9 Å². The highest BCUT2D eigenvalue weighted by atomic mass is 35.5. The first-order valence-corrected chi connectivity index (χ1v) is 14.3. The van der Waals surface area contributed by atoms with Crippen molar-refractivity contribution in [1.29, 1.82) is 0 Å². The van der Waals surface area contributed by atoms with Gasteiger partial charge in [-0.15, -0.1) is 0 Å². The molecule has 4 aromatic rings. The van der Waals surface area contributed by atoms with Crippen molar-refractivity contribution < 1.29 is 23.7 Å². The Morgan fingerprint density at radius 3 is 2.45 bits per heavy atom. The predicted molar refractivity (Wildman–Crippen MR) is 163 cm³/mol. The number of carbonyl (C=O) groups excluding carboxylic acids is 1. The number of thiazole rings is 1. The summed E-state index contributed by atoms with van der Waals surface area (Å²) in [5.41, 5.74) is 2.40. The summed E-state index contributed by atoms with van der Waals surface area (Å²) < 4.78 is 24.0. The number of rotatable bonds is 8. The predicted octanol–water partition coefficient (Wildman–Crippen LogP) is 5.31. The molecule has 2 heterocycles. The van der Waals surface area contributed by atoms with Crippen LogP contribution in [0.5, 0.6) is 17.2 Å². The number of allylic oxidation sites excluding steroid dienone is 1. The Hall–Kier alpha value is -4.05. The number of hydrogen-bond donors (Lipinski definition) is 0. The number of hydrogen-bond acceptors (Lipinski definition) is 8. The van der Waals surface area contributed by atoms with Gasteiger partial charge in [-0.2, -0.15) is 0 Å². The number of esters is 1. The minimum absolute atomic E-state index is 0.210. The van der Waals surface area contributed by atoms with E-state index in [1.807, 2.05) is 30.3 Å². The Morgan fingerprint density at radius 1 is 1.02 bits per heavy atom. The number of ether oxygens (including phenoxy) is 4. The fourth-order valence-electron chi connectivity index (χ4n) is 4.75. The highest BCUT2D eigenvalue weighted by Crippen LogP contribution is 2.38. The molecule has 11 heteroatoms. The largest absolute Gasteiger partial charge is 0.496 e. The lowest BCUT2D eigenvalue weighted by Gasteiger charge is -2.25. The second-order valence-electron chi connectivity index (χ2n) is 9.27. The summed E-state index contributed by atoms with van der Waals surface area (Å²) in [6, 6.07) is 17.3. The van der Waals surface area contributed by atoms with Crippen LogP contribution in [-0.2, 0) is 16.1 Å². The third kappa shape index (κ3) is 5.68. The van der Waals surface area contributed by atoms with Crippen LogP contribution in [0.2, 0.25) is 10.0 Å². The highest BCUT2D eigenvalue weighted by Gasteiger charge is 2.35. The Bertz CT molecular complexity index is 1880. The summed E-state index contributed by atoms with van der Waals surface area (Å²) in [5.74, 6) is 0.661. The van der Waals surface area contributed by atoms with E-state index in [0.717, 1.165) is 5.56 Å². The van der Waals surface area contributed by atoms with Gasteiger partial charge >= 0.3 is 5.97 Å². The molecule has 0 unspecified atom stereocenters. The first kappa shape index (κ1) is 29.4. The van der Waals surface area contributed by atoms with E-state index in [-0.39, 0.29) is 11.1 Å². The molecule has 0 fully saturated rings. The van der Waals surface area contributed by atoms with Crippen LogP contribution in [0.15, 0.2) is 81.7 Å². The van der Waals surface area contributed by atoms with Crippen LogP contribution in [0.3, 0.4) is 0 Å². The molecule has 0 bridgehead atoms. The van der Waals surface area contributed by atoms with Gasteiger partial charge in [0.05, 0.1) is 42.2 Å². The molecule has 0 radical (unpaired) electrons. The van der Waals surface area contributed by atoms with Gasteiger partial charge in [-0.25, -0.2) is 9.79 Å². The van der Waals surface area contributed by atoms with Crippen LogP contribution in [0.1, 0.15) is 29.7 Å². The number of carbonyl (C=O) groups is 1. The molecule has 0 saturated heterocycles. The smallest absolute Gasteiger partial charge is 0.338 e. The second-order valence-corrected chi connectivity index (χ2v) is 11.1. The summed E-state index contributed by atoms with van der Waals surface area (Å²) in [4.78, 5) is 31.9. The van der Waals surface area contributed by atoms with Crippen LogP contribution < -0.4 is 29.1 Å². The van der Waals surface area contributed by atoms with Crippen molar-refractivity contribution >= 4 is 46.6 Å². The van der Waals surface area contributed by atoms with E-state index in [1.165, 1.54) is 37.2 Å². The zero-order chi connectivity index (χ0) is 30.0. The van der Waals surface area contributed by atoms with Gasteiger partial charge in [0.15, 0.2) is 16.3 Å². The van der Waals surface area contributed by atoms with Crippen LogP contribution in [0.25, 0.3) is 6.08 Å². The lowest BCUT2D eigenvalue weighted by Crippen LogP contribution is -2.40. The molecule has 0 amide bonds. The van der Waals surface area contributed by atoms with Gasteiger partial charge in [0.25, 0.3) is 5.56 Å². The van der Waals surface area contributed by atoms with Gasteiger partial charge in [-0.1, -0.05) is 64.9 Å². The molecule has 1 atom stereocenters. The average molecular weight is 626 g/mol. The van der Waals surface area contributed by atoms with Crippen molar-refractivity contribution in [3.05, 3.63) is 118 Å². The molecule has 42 heavy (non-hydrogen) atoms. The number of methoxy groups -OCH3 is 3. The minimum Gasteiger partial charge on any atom is -0.496 e. The molecule has 0 saturated carbocycles. The van der Waals surface area contributed by atoms with Crippen molar-refractivity contribution in [1.82, 2.24) is 4.57 Å². The number of aromatic nitrogens is 1. The maximum atomic E-state index is 14.0. The van der Waals surface area contributed by atoms with Gasteiger partial charge in [0.1, 0.15) is 18.4 Å². The first-order valence-electron chi connectivity index (χ1n) is 12.7. The Labute approximate surface area is 255 Å². The van der Waals surface area contributed by atoms with E-state index >= 15 is 0 Å². The minimum atomic E-state index is -0.878. The zero-order valence-corrected chi connectivity index (χ0v) is 25.5. The number of nitrogens with zero attached hydrogens (tertiary/aromatic N) is 2. The van der Waals surface area contributed by atoms with Crippen LogP contribution >= 0.6 is 34.5 Å². The molecule has 8 nitrogen and oxygen atoms in total. The zero-order valence-electron chi connectivity index (χ0n) is 23.1. The van der Waals surface area contributed by atoms with Crippen molar-refractivity contribution in [3.8, 4) is 17.2 Å². The van der Waals surface area contributed by atoms with Gasteiger partial charge in [0.2, 0.25) is 0 Å². The Morgan fingerprint density at radius 2 is 1.76 bits per heavy atom. The lowest BCUT2D eigenvalue weighted by molar-refractivity contribution is -0.136. The average Bonchev–Trinajstić information content (AvgIpc) is 3.29. The lowest BCUT2D eigenvalue weighted by atomic mass is 9.95. The third-order valence-electron chi connectivity index (χ3n) is 6.69. The molecule has 0 N–H and O–H groups in total. The maximum absolute atomic E-state index is 14.0. The number of benzene rings is 3. The molecule has 1 aliphatic rings. The van der Waals surface area contributed by atoms with E-state index in [0.29, 0.717) is 60.1 Å². The summed E-state index contributed by atoms with van der Waals surface area (Å²) in [5, 5.41) is 0.748. The highest BCUT2D eigenvalue weighted by molar-refractivity contribution is 7.07. The standard InChI is InChI=1S/C31H26Cl2N2O6S/c1-17-26(30(37)40-4)27(21-15-20(32)10-11-23(21)38-2)35-29(36)25(42-31(35)34-17)14-19-12-22(33)28(24(13-19)39-3)41-16-18-8-6-5-7-9-18/h5-15,27H,16H2,1-4H3/b25-14-/t27-/m1/s1. The summed E-state index contributed by atoms with van der Waals surface area (Å²) >= 11 is 14.1. The quantitative estimate of drug-likeness (QED) is 0.247. The molecule has 3 aromatic carbocycles. The topological polar surface area (TPSA) is 88.4 Å². The normalized spacial score (nSPS) is 14.7. The summed E-state index contributed by atoms with van der Waals surface area (Å²) in [6.07, 6.45) is 1.70. The Balaban J connectivity index is 1.63. The summed E-state index contributed by atoms with van der Waals surface area (Å²) in [7, 11) is 4.31. The van der Waals surface area contributed by atoms with E-state index in [2.05, 4.69) is 4.99 Å². The fourth-order valence-corrected chi connectivity index (χ4v) is 6.25. The molecule has 0 aliphatic carbocycles. The molecule has 0 spiro atoms. The van der Waals surface area contributed by atoms with E-state index < -0.39 is 12.0 Å². The third-order valence-corrected chi connectivity index (χ3v) is 8.19. The van der Waals surface area contributed by atoms with Gasteiger partial charge < -0.3 is 18.9 Å². The molecular formula is C31H26Cl2N2O6S.